The van der Waals surface area contributed by atoms with E-state index in [0.29, 0.717) is 16.6 Å². The third-order valence-corrected chi connectivity index (χ3v) is 12.1. The van der Waals surface area contributed by atoms with Crippen LogP contribution in [0.4, 0.5) is 0 Å². The van der Waals surface area contributed by atoms with Crippen molar-refractivity contribution in [3.8, 4) is 5.75 Å². The number of rotatable bonds is 9. The average Bonchev–Trinajstić information content (AvgIpc) is 2.97. The normalized spacial score (nSPS) is 12.9. The number of hydrogen-bond donors (Lipinski definition) is 0. The molecule has 0 aliphatic rings. The third kappa shape index (κ3) is 8.09. The van der Waals surface area contributed by atoms with E-state index in [0.717, 1.165) is 21.6 Å². The first kappa shape index (κ1) is 35.8. The molecule has 246 valence electrons. The maximum atomic E-state index is 14.0. The predicted octanol–water partition coefficient (Wildman–Crippen LogP) is 11.5. The van der Waals surface area contributed by atoms with Gasteiger partial charge in [-0.15, -0.1) is 0 Å². The molecule has 0 saturated heterocycles. The van der Waals surface area contributed by atoms with E-state index in [4.69, 9.17) is 4.18 Å². The van der Waals surface area contributed by atoms with Crippen molar-refractivity contribution in [2.75, 3.05) is 0 Å². The first-order valence-corrected chi connectivity index (χ1v) is 19.1. The second-order valence-electron chi connectivity index (χ2n) is 15.4. The van der Waals surface area contributed by atoms with Crippen LogP contribution in [0.3, 0.4) is 0 Å². The van der Waals surface area contributed by atoms with E-state index >= 15 is 0 Å². The molecule has 0 atom stereocenters. The van der Waals surface area contributed by atoms with Crippen LogP contribution >= 0.6 is 0 Å². The van der Waals surface area contributed by atoms with Gasteiger partial charge < -0.3 is 4.18 Å². The second kappa shape index (κ2) is 13.6. The van der Waals surface area contributed by atoms with Crippen LogP contribution in [0.15, 0.2) is 105 Å². The van der Waals surface area contributed by atoms with Crippen molar-refractivity contribution >= 4 is 21.0 Å². The van der Waals surface area contributed by atoms with Gasteiger partial charge in [-0.2, -0.15) is 8.42 Å². The van der Waals surface area contributed by atoms with Gasteiger partial charge in [0.2, 0.25) is 0 Å². The molecule has 0 amide bonds. The Morgan fingerprint density at radius 1 is 0.543 bits per heavy atom. The summed E-state index contributed by atoms with van der Waals surface area (Å²) in [4.78, 5) is 3.84. The van der Waals surface area contributed by atoms with E-state index in [1.165, 1.54) is 20.9 Å². The van der Waals surface area contributed by atoms with Gasteiger partial charge in [0.1, 0.15) is 10.6 Å². The molecule has 0 fully saturated rings. The minimum Gasteiger partial charge on any atom is -0.379 e. The molecular weight excluding hydrogens is 605 g/mol. The highest BCUT2D eigenvalue weighted by Gasteiger charge is 2.32. The molecule has 4 aromatic rings. The Labute approximate surface area is 282 Å². The third-order valence-electron chi connectivity index (χ3n) is 8.51. The fraction of sp³-hybridized carbons (Fsp3) is 0.415. The summed E-state index contributed by atoms with van der Waals surface area (Å²) in [6.45, 7) is 25.8. The summed E-state index contributed by atoms with van der Waals surface area (Å²) in [6, 6.07) is 29.6. The molecule has 0 bridgehead atoms. The maximum Gasteiger partial charge on any atom is 0.339 e. The van der Waals surface area contributed by atoms with E-state index in [9.17, 15) is 8.42 Å². The standard InChI is InChI=1S/C41H53O3S2/c1-27(2)30-25-37(28(3)4)39(38(26-30)29(5)6)46(42,43)44-33-17-23-36(24-18-33)45(34-19-13-31(14-20-34)40(7,8)9)35-21-15-32(16-22-35)41(10,11)12/h13-29H,1-12H3/q+1. The van der Waals surface area contributed by atoms with Gasteiger partial charge >= 0.3 is 10.1 Å². The quantitative estimate of drug-likeness (QED) is 0.133. The van der Waals surface area contributed by atoms with E-state index in [1.54, 1.807) is 12.1 Å². The largest absolute Gasteiger partial charge is 0.379 e. The van der Waals surface area contributed by atoms with E-state index < -0.39 is 10.1 Å². The first-order valence-electron chi connectivity index (χ1n) is 16.5. The molecule has 0 aliphatic carbocycles. The lowest BCUT2D eigenvalue weighted by atomic mass is 9.87. The Bertz CT molecular complexity index is 1650. The van der Waals surface area contributed by atoms with Crippen LogP contribution < -0.4 is 4.18 Å². The van der Waals surface area contributed by atoms with Crippen molar-refractivity contribution in [2.24, 2.45) is 0 Å². The van der Waals surface area contributed by atoms with Gasteiger partial charge in [0.25, 0.3) is 0 Å². The predicted molar refractivity (Wildman–Crippen MR) is 195 cm³/mol. The monoisotopic (exact) mass is 657 g/mol. The van der Waals surface area contributed by atoms with E-state index in [1.807, 2.05) is 52.0 Å². The minimum absolute atomic E-state index is 0.0308. The van der Waals surface area contributed by atoms with E-state index in [2.05, 4.69) is 104 Å². The summed E-state index contributed by atoms with van der Waals surface area (Å²) >= 11 is 0. The lowest BCUT2D eigenvalue weighted by molar-refractivity contribution is 0.482. The zero-order chi connectivity index (χ0) is 34.2. The highest BCUT2D eigenvalue weighted by atomic mass is 32.2. The fourth-order valence-electron chi connectivity index (χ4n) is 5.57. The Kier molecular flexibility index (Phi) is 10.6. The van der Waals surface area contributed by atoms with Crippen LogP contribution in [0.2, 0.25) is 0 Å². The van der Waals surface area contributed by atoms with Crippen molar-refractivity contribution in [3.05, 3.63) is 113 Å². The summed E-state index contributed by atoms with van der Waals surface area (Å²) < 4.78 is 33.9. The van der Waals surface area contributed by atoms with Gasteiger partial charge in [-0.1, -0.05) is 119 Å². The highest BCUT2D eigenvalue weighted by Crippen LogP contribution is 2.38. The lowest BCUT2D eigenvalue weighted by Gasteiger charge is -2.22. The smallest absolute Gasteiger partial charge is 0.339 e. The molecule has 0 spiro atoms. The molecule has 0 unspecified atom stereocenters. The van der Waals surface area contributed by atoms with Crippen molar-refractivity contribution in [1.82, 2.24) is 0 Å². The Hall–Kier alpha value is -3.02. The molecule has 46 heavy (non-hydrogen) atoms. The average molecular weight is 658 g/mol. The molecule has 0 radical (unpaired) electrons. The minimum atomic E-state index is -4.08. The number of hydrogen-bond acceptors (Lipinski definition) is 3. The highest BCUT2D eigenvalue weighted by molar-refractivity contribution is 7.97. The Morgan fingerprint density at radius 3 is 1.20 bits per heavy atom. The summed E-state index contributed by atoms with van der Waals surface area (Å²) in [5.41, 5.74) is 5.48. The van der Waals surface area contributed by atoms with Crippen LogP contribution in [0, 0.1) is 0 Å². The molecule has 3 nitrogen and oxygen atoms in total. The summed E-state index contributed by atoms with van der Waals surface area (Å²) in [6.07, 6.45) is 0. The first-order chi connectivity index (χ1) is 21.3. The second-order valence-corrected chi connectivity index (χ2v) is 18.9. The van der Waals surface area contributed by atoms with Crippen LogP contribution in [0.1, 0.15) is 129 Å². The molecule has 5 heteroatoms. The molecule has 0 saturated carbocycles. The Morgan fingerprint density at radius 2 is 0.891 bits per heavy atom. The zero-order valence-corrected chi connectivity index (χ0v) is 31.5. The van der Waals surface area contributed by atoms with Gasteiger partial charge in [0.05, 0.1) is 10.9 Å². The lowest BCUT2D eigenvalue weighted by Crippen LogP contribution is -2.17. The van der Waals surface area contributed by atoms with Crippen molar-refractivity contribution in [1.29, 1.82) is 0 Å². The van der Waals surface area contributed by atoms with Crippen LogP contribution in [-0.2, 0) is 31.8 Å². The molecule has 0 aromatic heterocycles. The summed E-state index contributed by atoms with van der Waals surface area (Å²) in [5.74, 6) is 0.672. The Balaban J connectivity index is 1.75. The van der Waals surface area contributed by atoms with Gasteiger partial charge in [-0.05, 0) is 105 Å². The molecule has 4 aromatic carbocycles. The molecular formula is C41H53O3S2+. The molecule has 0 aliphatic heterocycles. The summed E-state index contributed by atoms with van der Waals surface area (Å²) in [5, 5.41) is 0. The summed E-state index contributed by atoms with van der Waals surface area (Å²) in [7, 11) is -4.46. The fourth-order valence-corrected chi connectivity index (χ4v) is 9.22. The van der Waals surface area contributed by atoms with Gasteiger partial charge in [0, 0.05) is 0 Å². The van der Waals surface area contributed by atoms with Crippen LogP contribution in [0.5, 0.6) is 5.75 Å². The van der Waals surface area contributed by atoms with Crippen molar-refractivity contribution in [2.45, 2.75) is 131 Å². The van der Waals surface area contributed by atoms with Crippen LogP contribution in [0.25, 0.3) is 0 Å². The topological polar surface area (TPSA) is 43.4 Å². The maximum absolute atomic E-state index is 14.0. The molecule has 4 rings (SSSR count). The number of benzene rings is 4. The van der Waals surface area contributed by atoms with Crippen molar-refractivity contribution in [3.63, 3.8) is 0 Å². The zero-order valence-electron chi connectivity index (χ0n) is 29.9. The van der Waals surface area contributed by atoms with Crippen LogP contribution in [-0.4, -0.2) is 8.42 Å². The van der Waals surface area contributed by atoms with E-state index in [-0.39, 0.29) is 33.6 Å². The van der Waals surface area contributed by atoms with Gasteiger partial charge in [-0.25, -0.2) is 0 Å². The van der Waals surface area contributed by atoms with Crippen molar-refractivity contribution < 1.29 is 12.6 Å². The molecule has 0 N–H and O–H groups in total. The molecule has 0 heterocycles. The SMILES string of the molecule is CC(C)c1cc(C(C)C)c(S(=O)(=O)Oc2ccc([S+](c3ccc(C(C)(C)C)cc3)c3ccc(C(C)(C)C)cc3)cc2)c(C(C)C)c1. The van der Waals surface area contributed by atoms with Gasteiger partial charge in [-0.3, -0.25) is 0 Å². The van der Waals surface area contributed by atoms with Gasteiger partial charge in [0.15, 0.2) is 14.7 Å².